The fraction of sp³-hybridized carbons (Fsp3) is 0. The molecule has 2 N–H and O–H groups in total. The Morgan fingerprint density at radius 1 is 1.00 bits per heavy atom. The van der Waals surface area contributed by atoms with E-state index in [4.69, 9.17) is 32.6 Å². The van der Waals surface area contributed by atoms with Gasteiger partial charge < -0.3 is 10.5 Å². The van der Waals surface area contributed by atoms with E-state index in [1.165, 1.54) is 12.1 Å². The van der Waals surface area contributed by atoms with Crippen molar-refractivity contribution in [2.24, 2.45) is 0 Å². The molecule has 0 heterocycles. The van der Waals surface area contributed by atoms with Crippen molar-refractivity contribution in [3.8, 4) is 23.6 Å². The van der Waals surface area contributed by atoms with Crippen LogP contribution >= 0.6 is 11.6 Å². The maximum Gasteiger partial charge on any atom is 0.145 e. The summed E-state index contributed by atoms with van der Waals surface area (Å²) in [5.41, 5.74) is 6.72. The number of ether oxygens (including phenoxy) is 1. The van der Waals surface area contributed by atoms with Crippen LogP contribution < -0.4 is 10.5 Å². The number of halogens is 1. The third-order valence-electron chi connectivity index (χ3n) is 2.41. The topological polar surface area (TPSA) is 82.8 Å². The molecule has 92 valence electrons. The molecule has 0 unspecified atom stereocenters. The predicted octanol–water partition coefficient (Wildman–Crippen LogP) is 3.46. The van der Waals surface area contributed by atoms with E-state index < -0.39 is 0 Å². The fourth-order valence-electron chi connectivity index (χ4n) is 1.50. The second-order valence-corrected chi connectivity index (χ2v) is 4.13. The van der Waals surface area contributed by atoms with E-state index in [0.29, 0.717) is 33.3 Å². The molecule has 2 aromatic rings. The van der Waals surface area contributed by atoms with E-state index in [2.05, 4.69) is 0 Å². The number of benzene rings is 2. The van der Waals surface area contributed by atoms with Gasteiger partial charge in [-0.2, -0.15) is 10.5 Å². The molecular weight excluding hydrogens is 262 g/mol. The number of nitriles is 2. The average Bonchev–Trinajstić information content (AvgIpc) is 2.42. The van der Waals surface area contributed by atoms with Crippen molar-refractivity contribution >= 4 is 17.3 Å². The Bertz CT molecular complexity index is 714. The molecule has 0 amide bonds. The molecule has 5 heteroatoms. The third-order valence-corrected chi connectivity index (χ3v) is 2.74. The largest absolute Gasteiger partial charge is 0.456 e. The molecule has 0 radical (unpaired) electrons. The second kappa shape index (κ2) is 5.30. The van der Waals surface area contributed by atoms with Crippen LogP contribution in [0.5, 0.6) is 11.5 Å². The van der Waals surface area contributed by atoms with Gasteiger partial charge in [-0.25, -0.2) is 0 Å². The lowest BCUT2D eigenvalue weighted by Gasteiger charge is -2.08. The van der Waals surface area contributed by atoms with Crippen molar-refractivity contribution in [3.05, 3.63) is 52.5 Å². The highest BCUT2D eigenvalue weighted by Crippen LogP contribution is 2.29. The van der Waals surface area contributed by atoms with E-state index in [1.54, 1.807) is 24.3 Å². The van der Waals surface area contributed by atoms with Crippen molar-refractivity contribution in [2.75, 3.05) is 5.73 Å². The predicted molar refractivity (Wildman–Crippen MR) is 71.8 cm³/mol. The summed E-state index contributed by atoms with van der Waals surface area (Å²) in [4.78, 5) is 0. The number of hydrogen-bond donors (Lipinski definition) is 1. The Morgan fingerprint density at radius 2 is 1.74 bits per heavy atom. The van der Waals surface area contributed by atoms with E-state index in [0.717, 1.165) is 0 Å². The van der Waals surface area contributed by atoms with Gasteiger partial charge in [0.05, 0.1) is 16.1 Å². The zero-order valence-corrected chi connectivity index (χ0v) is 10.5. The van der Waals surface area contributed by atoms with Crippen LogP contribution in [0, 0.1) is 22.7 Å². The quantitative estimate of drug-likeness (QED) is 0.846. The Hall–Kier alpha value is -2.69. The molecule has 0 spiro atoms. The van der Waals surface area contributed by atoms with Crippen LogP contribution in [-0.2, 0) is 0 Å². The monoisotopic (exact) mass is 269 g/mol. The molecule has 0 bridgehead atoms. The molecule has 0 aromatic heterocycles. The first-order chi connectivity index (χ1) is 9.13. The number of nitrogens with two attached hydrogens (primary N) is 1. The number of nitrogens with zero attached hydrogens (tertiary/aromatic N) is 2. The molecular formula is C14H8ClN3O. The Morgan fingerprint density at radius 3 is 2.42 bits per heavy atom. The van der Waals surface area contributed by atoms with Crippen molar-refractivity contribution < 1.29 is 4.74 Å². The van der Waals surface area contributed by atoms with Gasteiger partial charge in [0.25, 0.3) is 0 Å². The smallest absolute Gasteiger partial charge is 0.145 e. The molecule has 19 heavy (non-hydrogen) atoms. The van der Waals surface area contributed by atoms with E-state index in [9.17, 15) is 0 Å². The first kappa shape index (κ1) is 12.8. The summed E-state index contributed by atoms with van der Waals surface area (Å²) in [6.07, 6.45) is 0. The van der Waals surface area contributed by atoms with Gasteiger partial charge in [0.1, 0.15) is 23.6 Å². The Balaban J connectivity index is 2.37. The van der Waals surface area contributed by atoms with Crippen LogP contribution in [0.4, 0.5) is 5.69 Å². The van der Waals surface area contributed by atoms with Crippen LogP contribution in [-0.4, -0.2) is 0 Å². The molecule has 2 aromatic carbocycles. The molecule has 0 aliphatic carbocycles. The first-order valence-corrected chi connectivity index (χ1v) is 5.69. The molecule has 0 saturated carbocycles. The maximum absolute atomic E-state index is 9.01. The van der Waals surface area contributed by atoms with Crippen molar-refractivity contribution in [1.29, 1.82) is 10.5 Å². The molecule has 4 nitrogen and oxygen atoms in total. The summed E-state index contributed by atoms with van der Waals surface area (Å²) in [7, 11) is 0. The summed E-state index contributed by atoms with van der Waals surface area (Å²) in [6.45, 7) is 0. The summed E-state index contributed by atoms with van der Waals surface area (Å²) in [6, 6.07) is 13.4. The van der Waals surface area contributed by atoms with Gasteiger partial charge in [-0.1, -0.05) is 11.6 Å². The third kappa shape index (κ3) is 2.77. The Kier molecular flexibility index (Phi) is 3.56. The van der Waals surface area contributed by atoms with Gasteiger partial charge in [-0.3, -0.25) is 0 Å². The molecule has 0 aliphatic heterocycles. The van der Waals surface area contributed by atoms with Gasteiger partial charge >= 0.3 is 0 Å². The van der Waals surface area contributed by atoms with E-state index in [-0.39, 0.29) is 0 Å². The number of hydrogen-bond acceptors (Lipinski definition) is 4. The van der Waals surface area contributed by atoms with Crippen molar-refractivity contribution in [1.82, 2.24) is 0 Å². The lowest BCUT2D eigenvalue weighted by atomic mass is 10.2. The molecule has 2 rings (SSSR count). The fourth-order valence-corrected chi connectivity index (χ4v) is 1.66. The average molecular weight is 270 g/mol. The number of anilines is 1. The van der Waals surface area contributed by atoms with Crippen LogP contribution in [0.15, 0.2) is 36.4 Å². The summed E-state index contributed by atoms with van der Waals surface area (Å²) < 4.78 is 5.57. The molecule has 0 fully saturated rings. The van der Waals surface area contributed by atoms with Crippen LogP contribution in [0.25, 0.3) is 0 Å². The molecule has 0 aliphatic rings. The molecule has 0 saturated heterocycles. The zero-order valence-electron chi connectivity index (χ0n) is 9.72. The van der Waals surface area contributed by atoms with Crippen LogP contribution in [0.2, 0.25) is 5.02 Å². The minimum atomic E-state index is 0.313. The van der Waals surface area contributed by atoms with E-state index in [1.807, 2.05) is 12.1 Å². The summed E-state index contributed by atoms with van der Waals surface area (Å²) in [5, 5.41) is 18.2. The normalized spacial score (nSPS) is 9.42. The number of nitrogen functional groups attached to an aromatic ring is 1. The van der Waals surface area contributed by atoms with Gasteiger partial charge in [0.2, 0.25) is 0 Å². The highest BCUT2D eigenvalue weighted by atomic mass is 35.5. The van der Waals surface area contributed by atoms with Crippen LogP contribution in [0.3, 0.4) is 0 Å². The van der Waals surface area contributed by atoms with Crippen LogP contribution in [0.1, 0.15) is 11.1 Å². The summed E-state index contributed by atoms with van der Waals surface area (Å²) in [5.74, 6) is 0.810. The lowest BCUT2D eigenvalue weighted by molar-refractivity contribution is 0.481. The standard InChI is InChI=1S/C14H8ClN3O/c15-13-3-2-12(6-9(13)7-16)19-14-4-1-11(18)5-10(14)8-17/h1-6H,18H2. The minimum Gasteiger partial charge on any atom is -0.456 e. The Labute approximate surface area is 115 Å². The van der Waals surface area contributed by atoms with Gasteiger partial charge in [0.15, 0.2) is 0 Å². The van der Waals surface area contributed by atoms with Gasteiger partial charge in [-0.05, 0) is 30.3 Å². The first-order valence-electron chi connectivity index (χ1n) is 5.31. The van der Waals surface area contributed by atoms with Gasteiger partial charge in [-0.15, -0.1) is 0 Å². The van der Waals surface area contributed by atoms with Crippen molar-refractivity contribution in [3.63, 3.8) is 0 Å². The second-order valence-electron chi connectivity index (χ2n) is 3.72. The van der Waals surface area contributed by atoms with Gasteiger partial charge in [0, 0.05) is 11.8 Å². The SMILES string of the molecule is N#Cc1cc(Oc2ccc(N)cc2C#N)ccc1Cl. The van der Waals surface area contributed by atoms with E-state index >= 15 is 0 Å². The minimum absolute atomic E-state index is 0.313. The highest BCUT2D eigenvalue weighted by Gasteiger charge is 2.07. The zero-order chi connectivity index (χ0) is 13.8. The lowest BCUT2D eigenvalue weighted by Crippen LogP contribution is -1.92. The summed E-state index contributed by atoms with van der Waals surface area (Å²) >= 11 is 5.83. The molecule has 0 atom stereocenters. The highest BCUT2D eigenvalue weighted by molar-refractivity contribution is 6.31. The van der Waals surface area contributed by atoms with Crippen molar-refractivity contribution in [2.45, 2.75) is 0 Å². The number of rotatable bonds is 2. The maximum atomic E-state index is 9.01.